The van der Waals surface area contributed by atoms with Gasteiger partial charge in [0.1, 0.15) is 5.75 Å². The Bertz CT molecular complexity index is 694. The van der Waals surface area contributed by atoms with E-state index in [0.29, 0.717) is 5.95 Å². The lowest BCUT2D eigenvalue weighted by atomic mass is 10.3. The Labute approximate surface area is 124 Å². The van der Waals surface area contributed by atoms with Crippen molar-refractivity contribution in [1.82, 2.24) is 15.0 Å². The van der Waals surface area contributed by atoms with Gasteiger partial charge in [0.2, 0.25) is 11.9 Å². The third kappa shape index (κ3) is 3.45. The average Bonchev–Trinajstić information content (AvgIpc) is 2.40. The summed E-state index contributed by atoms with van der Waals surface area (Å²) in [6, 6.07) is 3.74. The molecule has 0 saturated heterocycles. The number of hydrogen-bond donors (Lipinski definition) is 1. The van der Waals surface area contributed by atoms with Crippen molar-refractivity contribution in [3.05, 3.63) is 33.3 Å². The Kier molecular flexibility index (Phi) is 4.03. The van der Waals surface area contributed by atoms with Gasteiger partial charge >= 0.3 is 6.01 Å². The number of anilines is 2. The van der Waals surface area contributed by atoms with Gasteiger partial charge in [0.05, 0.1) is 9.95 Å². The van der Waals surface area contributed by atoms with Crippen LogP contribution in [0.4, 0.5) is 17.6 Å². The van der Waals surface area contributed by atoms with E-state index in [-0.39, 0.29) is 28.4 Å². The van der Waals surface area contributed by atoms with Gasteiger partial charge in [-0.3, -0.25) is 10.1 Å². The normalized spacial score (nSPS) is 10.2. The van der Waals surface area contributed by atoms with Crippen molar-refractivity contribution in [2.24, 2.45) is 0 Å². The Morgan fingerprint density at radius 1 is 1.33 bits per heavy atom. The van der Waals surface area contributed by atoms with Crippen molar-refractivity contribution in [2.75, 3.05) is 24.7 Å². The number of aromatic nitrogens is 3. The van der Waals surface area contributed by atoms with Crippen LogP contribution in [0.15, 0.2) is 18.2 Å². The predicted octanol–water partition coefficient (Wildman–Crippen LogP) is 1.87. The summed E-state index contributed by atoms with van der Waals surface area (Å²) in [5.74, 6) is 0.481. The molecule has 2 aromatic rings. The first-order valence-corrected chi connectivity index (χ1v) is 6.05. The minimum Gasteiger partial charge on any atom is -0.423 e. The van der Waals surface area contributed by atoms with E-state index in [0.717, 1.165) is 0 Å². The summed E-state index contributed by atoms with van der Waals surface area (Å²) in [6.07, 6.45) is 0. The third-order valence-electron chi connectivity index (χ3n) is 2.35. The molecule has 0 aliphatic rings. The van der Waals surface area contributed by atoms with Crippen molar-refractivity contribution in [2.45, 2.75) is 0 Å². The smallest absolute Gasteiger partial charge is 0.328 e. The van der Waals surface area contributed by atoms with E-state index in [1.54, 1.807) is 19.0 Å². The summed E-state index contributed by atoms with van der Waals surface area (Å²) < 4.78 is 5.39. The van der Waals surface area contributed by atoms with E-state index < -0.39 is 4.92 Å². The van der Waals surface area contributed by atoms with Gasteiger partial charge in [-0.25, -0.2) is 0 Å². The fourth-order valence-corrected chi connectivity index (χ4v) is 1.60. The predicted molar refractivity (Wildman–Crippen MR) is 76.7 cm³/mol. The first kappa shape index (κ1) is 14.7. The van der Waals surface area contributed by atoms with Crippen LogP contribution in [0.2, 0.25) is 5.02 Å². The molecular formula is C11H11ClN6O3. The van der Waals surface area contributed by atoms with Crippen LogP contribution in [0.5, 0.6) is 11.8 Å². The zero-order valence-electron chi connectivity index (χ0n) is 11.1. The van der Waals surface area contributed by atoms with Crippen LogP contribution in [-0.2, 0) is 0 Å². The van der Waals surface area contributed by atoms with E-state index >= 15 is 0 Å². The van der Waals surface area contributed by atoms with Crippen molar-refractivity contribution in [3.63, 3.8) is 0 Å². The van der Waals surface area contributed by atoms with Crippen molar-refractivity contribution >= 4 is 29.2 Å². The number of nitro groups is 1. The third-order valence-corrected chi connectivity index (χ3v) is 2.64. The molecule has 110 valence electrons. The van der Waals surface area contributed by atoms with E-state index in [4.69, 9.17) is 22.1 Å². The number of nitro benzene ring substituents is 1. The second kappa shape index (κ2) is 5.75. The minimum atomic E-state index is -0.555. The Hall–Kier alpha value is -2.68. The van der Waals surface area contributed by atoms with Gasteiger partial charge in [0.15, 0.2) is 0 Å². The highest BCUT2D eigenvalue weighted by atomic mass is 35.5. The number of ether oxygens (including phenoxy) is 1. The Morgan fingerprint density at radius 2 is 2.05 bits per heavy atom. The second-order valence-electron chi connectivity index (χ2n) is 4.14. The summed E-state index contributed by atoms with van der Waals surface area (Å²) in [6.45, 7) is 0. The highest BCUT2D eigenvalue weighted by molar-refractivity contribution is 6.32. The molecule has 21 heavy (non-hydrogen) atoms. The first-order chi connectivity index (χ1) is 9.86. The Morgan fingerprint density at radius 3 is 2.62 bits per heavy atom. The van der Waals surface area contributed by atoms with Crippen molar-refractivity contribution < 1.29 is 9.66 Å². The van der Waals surface area contributed by atoms with Crippen LogP contribution in [0, 0.1) is 10.1 Å². The average molecular weight is 311 g/mol. The van der Waals surface area contributed by atoms with Gasteiger partial charge in [-0.05, 0) is 6.07 Å². The molecule has 0 aliphatic carbocycles. The summed E-state index contributed by atoms with van der Waals surface area (Å²) in [4.78, 5) is 23.5. The number of non-ortho nitro benzene ring substituents is 1. The van der Waals surface area contributed by atoms with Crippen LogP contribution in [-0.4, -0.2) is 34.0 Å². The van der Waals surface area contributed by atoms with Crippen LogP contribution in [0.25, 0.3) is 0 Å². The van der Waals surface area contributed by atoms with Crippen LogP contribution in [0.1, 0.15) is 0 Å². The quantitative estimate of drug-likeness (QED) is 0.671. The topological polar surface area (TPSA) is 120 Å². The number of rotatable bonds is 4. The van der Waals surface area contributed by atoms with E-state index in [1.807, 2.05) is 0 Å². The number of hydrogen-bond acceptors (Lipinski definition) is 8. The van der Waals surface area contributed by atoms with Gasteiger partial charge < -0.3 is 15.4 Å². The highest BCUT2D eigenvalue weighted by Gasteiger charge is 2.13. The molecule has 0 saturated carbocycles. The lowest BCUT2D eigenvalue weighted by Gasteiger charge is -2.11. The molecule has 0 amide bonds. The molecule has 1 aromatic carbocycles. The molecule has 0 atom stereocenters. The molecule has 0 unspecified atom stereocenters. The molecule has 0 spiro atoms. The van der Waals surface area contributed by atoms with E-state index in [9.17, 15) is 10.1 Å². The number of nitrogens with two attached hydrogens (primary N) is 1. The molecule has 2 N–H and O–H groups in total. The summed E-state index contributed by atoms with van der Waals surface area (Å²) in [5.41, 5.74) is 5.42. The second-order valence-corrected chi connectivity index (χ2v) is 4.55. The molecule has 0 radical (unpaired) electrons. The van der Waals surface area contributed by atoms with Crippen LogP contribution >= 0.6 is 11.6 Å². The van der Waals surface area contributed by atoms with Gasteiger partial charge in [-0.1, -0.05) is 11.6 Å². The summed E-state index contributed by atoms with van der Waals surface area (Å²) in [5, 5.41) is 10.7. The van der Waals surface area contributed by atoms with Gasteiger partial charge in [-0.15, -0.1) is 0 Å². The maximum atomic E-state index is 10.6. The number of benzene rings is 1. The fourth-order valence-electron chi connectivity index (χ4n) is 1.39. The largest absolute Gasteiger partial charge is 0.423 e. The van der Waals surface area contributed by atoms with Gasteiger partial charge in [0, 0.05) is 26.2 Å². The molecular weight excluding hydrogens is 300 g/mol. The van der Waals surface area contributed by atoms with Gasteiger partial charge in [0.25, 0.3) is 5.69 Å². The summed E-state index contributed by atoms with van der Waals surface area (Å²) >= 11 is 5.92. The van der Waals surface area contributed by atoms with Crippen molar-refractivity contribution in [3.8, 4) is 11.8 Å². The first-order valence-electron chi connectivity index (χ1n) is 5.67. The molecule has 2 rings (SSSR count). The highest BCUT2D eigenvalue weighted by Crippen LogP contribution is 2.31. The fraction of sp³-hybridized carbons (Fsp3) is 0.182. The standard InChI is InChI=1S/C11H11ClN6O3/c1-17(2)10-14-9(13)15-11(16-10)21-8-4-3-6(18(19)20)5-7(8)12/h3-5H,1-2H3,(H2,13,14,15,16). The van der Waals surface area contributed by atoms with Crippen molar-refractivity contribution in [1.29, 1.82) is 0 Å². The monoisotopic (exact) mass is 310 g/mol. The van der Waals surface area contributed by atoms with E-state index in [2.05, 4.69) is 15.0 Å². The Balaban J connectivity index is 2.32. The zero-order valence-corrected chi connectivity index (χ0v) is 11.9. The number of nitrogens with zero attached hydrogens (tertiary/aromatic N) is 5. The minimum absolute atomic E-state index is 0.0123. The van der Waals surface area contributed by atoms with Crippen LogP contribution < -0.4 is 15.4 Å². The maximum absolute atomic E-state index is 10.6. The zero-order chi connectivity index (χ0) is 15.6. The molecule has 10 heteroatoms. The maximum Gasteiger partial charge on any atom is 0.328 e. The van der Waals surface area contributed by atoms with E-state index in [1.165, 1.54) is 18.2 Å². The molecule has 1 aromatic heterocycles. The molecule has 1 heterocycles. The lowest BCUT2D eigenvalue weighted by molar-refractivity contribution is -0.384. The number of halogens is 1. The van der Waals surface area contributed by atoms with Gasteiger partial charge in [-0.2, -0.15) is 15.0 Å². The lowest BCUT2D eigenvalue weighted by Crippen LogP contribution is -2.15. The molecule has 9 nitrogen and oxygen atoms in total. The SMILES string of the molecule is CN(C)c1nc(N)nc(Oc2ccc([N+](=O)[O-])cc2Cl)n1. The number of nitrogen functional groups attached to an aromatic ring is 1. The molecule has 0 fully saturated rings. The molecule has 0 bridgehead atoms. The summed E-state index contributed by atoms with van der Waals surface area (Å²) in [7, 11) is 3.47. The molecule has 0 aliphatic heterocycles. The van der Waals surface area contributed by atoms with Crippen LogP contribution in [0.3, 0.4) is 0 Å².